The Balaban J connectivity index is 1.60. The minimum absolute atomic E-state index is 0.0857. The average Bonchev–Trinajstić information content (AvgIpc) is 3.37. The normalized spacial score (nSPS) is 15.7. The van der Waals surface area contributed by atoms with Crippen molar-refractivity contribution < 1.29 is 24.0 Å². The van der Waals surface area contributed by atoms with Crippen molar-refractivity contribution in [2.75, 3.05) is 0 Å². The van der Waals surface area contributed by atoms with E-state index in [0.717, 1.165) is 27.8 Å². The number of hydrogen-bond acceptors (Lipinski definition) is 7. The number of hydrogen-bond donors (Lipinski definition) is 1. The molecule has 0 unspecified atom stereocenters. The Morgan fingerprint density at radius 1 is 1.24 bits per heavy atom. The van der Waals surface area contributed by atoms with Crippen LogP contribution in [0.3, 0.4) is 0 Å². The summed E-state index contributed by atoms with van der Waals surface area (Å²) in [6.45, 7) is 1.76. The summed E-state index contributed by atoms with van der Waals surface area (Å²) < 4.78 is 5.90. The molecule has 1 aliphatic rings. The van der Waals surface area contributed by atoms with Crippen LogP contribution < -0.4 is 0 Å². The van der Waals surface area contributed by atoms with Gasteiger partial charge < -0.3 is 9.52 Å². The number of benzene rings is 2. The molecular formula is C24H18N2O6S2. The number of aliphatic carboxylic acids is 1. The third-order valence-corrected chi connectivity index (χ3v) is 6.54. The molecule has 0 spiro atoms. The highest BCUT2D eigenvalue weighted by Crippen LogP contribution is 2.37. The van der Waals surface area contributed by atoms with Crippen LogP contribution in [0, 0.1) is 17.0 Å². The van der Waals surface area contributed by atoms with Crippen molar-refractivity contribution in [2.24, 2.45) is 0 Å². The van der Waals surface area contributed by atoms with Crippen molar-refractivity contribution in [1.82, 2.24) is 4.90 Å². The van der Waals surface area contributed by atoms with Gasteiger partial charge in [0.2, 0.25) is 0 Å². The van der Waals surface area contributed by atoms with E-state index in [2.05, 4.69) is 0 Å². The number of carboxylic acids is 1. The molecule has 2 aromatic carbocycles. The number of carbonyl (C=O) groups excluding carboxylic acids is 1. The number of carbonyl (C=O) groups is 2. The van der Waals surface area contributed by atoms with E-state index in [-0.39, 0.29) is 27.1 Å². The fraction of sp³-hybridized carbons (Fsp3) is 0.125. The minimum atomic E-state index is -1.16. The highest BCUT2D eigenvalue weighted by atomic mass is 32.2. The van der Waals surface area contributed by atoms with Gasteiger partial charge in [0, 0.05) is 18.6 Å². The lowest BCUT2D eigenvalue weighted by Gasteiger charge is -2.23. The van der Waals surface area contributed by atoms with E-state index in [4.69, 9.17) is 16.6 Å². The van der Waals surface area contributed by atoms with Crippen LogP contribution in [0.15, 0.2) is 70.0 Å². The first kappa shape index (κ1) is 23.4. The lowest BCUT2D eigenvalue weighted by atomic mass is 10.0. The number of aryl methyl sites for hydroxylation is 1. The fourth-order valence-electron chi connectivity index (χ4n) is 3.58. The summed E-state index contributed by atoms with van der Waals surface area (Å²) in [5, 5.41) is 21.2. The van der Waals surface area contributed by atoms with Gasteiger partial charge >= 0.3 is 5.97 Å². The zero-order valence-corrected chi connectivity index (χ0v) is 19.5. The fourth-order valence-corrected chi connectivity index (χ4v) is 4.92. The van der Waals surface area contributed by atoms with Gasteiger partial charge in [-0.25, -0.2) is 4.79 Å². The topological polar surface area (TPSA) is 114 Å². The molecule has 1 fully saturated rings. The number of thiocarbonyl (C=S) groups is 1. The zero-order valence-electron chi connectivity index (χ0n) is 17.8. The van der Waals surface area contributed by atoms with Crippen LogP contribution in [0.2, 0.25) is 0 Å². The summed E-state index contributed by atoms with van der Waals surface area (Å²) in [6, 6.07) is 15.8. The molecule has 1 N–H and O–H groups in total. The van der Waals surface area contributed by atoms with E-state index in [0.29, 0.717) is 11.3 Å². The third-order valence-electron chi connectivity index (χ3n) is 5.21. The number of nitrogens with zero attached hydrogens (tertiary/aromatic N) is 2. The lowest BCUT2D eigenvalue weighted by molar-refractivity contribution is -0.384. The van der Waals surface area contributed by atoms with Crippen molar-refractivity contribution in [3.63, 3.8) is 0 Å². The maximum Gasteiger partial charge on any atom is 0.327 e. The van der Waals surface area contributed by atoms with Gasteiger partial charge in [-0.2, -0.15) is 0 Å². The SMILES string of the molecule is Cc1ccc(-c2ccc(/C=C3\SC(=S)N([C@H](Cc4ccccc4)C(=O)O)C3=O)o2)c([N+](=O)[O-])c1. The summed E-state index contributed by atoms with van der Waals surface area (Å²) in [5.74, 6) is -1.12. The van der Waals surface area contributed by atoms with Crippen LogP contribution in [-0.4, -0.2) is 37.2 Å². The summed E-state index contributed by atoms with van der Waals surface area (Å²) in [7, 11) is 0. The molecule has 0 radical (unpaired) electrons. The molecule has 0 saturated carbocycles. The second-order valence-corrected chi connectivity index (χ2v) is 9.25. The molecule has 1 atom stereocenters. The van der Waals surface area contributed by atoms with Crippen LogP contribution >= 0.6 is 24.0 Å². The van der Waals surface area contributed by atoms with E-state index in [1.54, 1.807) is 55.5 Å². The van der Waals surface area contributed by atoms with E-state index in [1.165, 1.54) is 12.1 Å². The van der Waals surface area contributed by atoms with E-state index < -0.39 is 22.8 Å². The Hall–Kier alpha value is -3.76. The smallest absolute Gasteiger partial charge is 0.327 e. The molecule has 1 aliphatic heterocycles. The predicted molar refractivity (Wildman–Crippen MR) is 132 cm³/mol. The lowest BCUT2D eigenvalue weighted by Crippen LogP contribution is -2.45. The van der Waals surface area contributed by atoms with Crippen molar-refractivity contribution >= 4 is 51.9 Å². The molecule has 2 heterocycles. The molecule has 4 rings (SSSR count). The van der Waals surface area contributed by atoms with Gasteiger partial charge in [0.1, 0.15) is 21.9 Å². The quantitative estimate of drug-likeness (QED) is 0.210. The van der Waals surface area contributed by atoms with Gasteiger partial charge in [-0.15, -0.1) is 0 Å². The number of furan rings is 1. The van der Waals surface area contributed by atoms with Crippen molar-refractivity contribution in [1.29, 1.82) is 0 Å². The van der Waals surface area contributed by atoms with Gasteiger partial charge in [-0.1, -0.05) is 60.4 Å². The second kappa shape index (κ2) is 9.62. The average molecular weight is 495 g/mol. The van der Waals surface area contributed by atoms with Crippen LogP contribution in [0.1, 0.15) is 16.9 Å². The minimum Gasteiger partial charge on any atom is -0.480 e. The number of nitro groups is 1. The second-order valence-electron chi connectivity index (χ2n) is 7.58. The summed E-state index contributed by atoms with van der Waals surface area (Å²) in [6.07, 6.45) is 1.57. The van der Waals surface area contributed by atoms with Gasteiger partial charge in [-0.3, -0.25) is 19.8 Å². The first-order chi connectivity index (χ1) is 16.2. The Morgan fingerprint density at radius 2 is 1.97 bits per heavy atom. The van der Waals surface area contributed by atoms with Crippen LogP contribution in [0.4, 0.5) is 5.69 Å². The number of amides is 1. The maximum atomic E-state index is 13.1. The van der Waals surface area contributed by atoms with Crippen molar-refractivity contribution in [3.8, 4) is 11.3 Å². The number of thioether (sulfide) groups is 1. The van der Waals surface area contributed by atoms with E-state index in [9.17, 15) is 24.8 Å². The Labute approximate surface area is 204 Å². The molecule has 10 heteroatoms. The Morgan fingerprint density at radius 3 is 2.65 bits per heavy atom. The molecule has 3 aromatic rings. The molecule has 172 valence electrons. The Bertz CT molecular complexity index is 1330. The standard InChI is InChI=1S/C24H18N2O6S2/c1-14-7-9-17(18(11-14)26(30)31)20-10-8-16(32-20)13-21-22(27)25(24(33)34-21)19(23(28)29)12-15-5-3-2-4-6-15/h2-11,13,19H,12H2,1H3,(H,28,29)/b21-13-/t19-/m1/s1. The van der Waals surface area contributed by atoms with Gasteiger partial charge in [-0.05, 0) is 36.2 Å². The Kier molecular flexibility index (Phi) is 6.62. The molecule has 34 heavy (non-hydrogen) atoms. The molecule has 1 amide bonds. The number of rotatable bonds is 7. The number of carboxylic acid groups (broad SMARTS) is 1. The van der Waals surface area contributed by atoms with Crippen LogP contribution in [0.25, 0.3) is 17.4 Å². The zero-order chi connectivity index (χ0) is 24.4. The first-order valence-corrected chi connectivity index (χ1v) is 11.4. The first-order valence-electron chi connectivity index (χ1n) is 10.1. The largest absolute Gasteiger partial charge is 0.480 e. The van der Waals surface area contributed by atoms with Crippen LogP contribution in [0.5, 0.6) is 0 Å². The summed E-state index contributed by atoms with van der Waals surface area (Å²) in [5.41, 5.74) is 1.74. The van der Waals surface area contributed by atoms with Crippen LogP contribution in [-0.2, 0) is 16.0 Å². The molecule has 8 nitrogen and oxygen atoms in total. The summed E-state index contributed by atoms with van der Waals surface area (Å²) >= 11 is 6.31. The molecule has 0 aliphatic carbocycles. The highest BCUT2D eigenvalue weighted by Gasteiger charge is 2.40. The van der Waals surface area contributed by atoms with Gasteiger partial charge in [0.05, 0.1) is 15.4 Å². The maximum absolute atomic E-state index is 13.1. The predicted octanol–water partition coefficient (Wildman–Crippen LogP) is 5.06. The van der Waals surface area contributed by atoms with Gasteiger partial charge in [0.15, 0.2) is 0 Å². The monoisotopic (exact) mass is 494 g/mol. The molecule has 1 saturated heterocycles. The molecule has 0 bridgehead atoms. The van der Waals surface area contributed by atoms with Crippen molar-refractivity contribution in [3.05, 3.63) is 92.6 Å². The van der Waals surface area contributed by atoms with E-state index in [1.807, 2.05) is 6.07 Å². The van der Waals surface area contributed by atoms with Gasteiger partial charge in [0.25, 0.3) is 11.6 Å². The molecule has 1 aromatic heterocycles. The summed E-state index contributed by atoms with van der Waals surface area (Å²) in [4.78, 5) is 37.3. The highest BCUT2D eigenvalue weighted by molar-refractivity contribution is 8.26. The third kappa shape index (κ3) is 4.78. The van der Waals surface area contributed by atoms with E-state index >= 15 is 0 Å². The van der Waals surface area contributed by atoms with Crippen molar-refractivity contribution in [2.45, 2.75) is 19.4 Å². The number of nitro benzene ring substituents is 1. The molecular weight excluding hydrogens is 476 g/mol.